The Morgan fingerprint density at radius 1 is 1.19 bits per heavy atom. The van der Waals surface area contributed by atoms with E-state index in [-0.39, 0.29) is 29.9 Å². The summed E-state index contributed by atoms with van der Waals surface area (Å²) in [5.41, 5.74) is 1.32. The number of rotatable bonds is 4. The number of ether oxygens (including phenoxy) is 1. The molecule has 0 radical (unpaired) electrons. The summed E-state index contributed by atoms with van der Waals surface area (Å²) >= 11 is 0. The molecule has 5 heteroatoms. The van der Waals surface area contributed by atoms with E-state index in [2.05, 4.69) is 5.32 Å². The Bertz CT molecular complexity index is 808. The smallest absolute Gasteiger partial charge is 0.242 e. The molecule has 2 aliphatic rings. The first-order valence-corrected chi connectivity index (χ1v) is 9.07. The van der Waals surface area contributed by atoms with Crippen LogP contribution in [0.25, 0.3) is 0 Å². The second-order valence-corrected chi connectivity index (χ2v) is 7.24. The molecular weight excluding hydrogens is 331 g/mol. The molecule has 2 aliphatic heterocycles. The van der Waals surface area contributed by atoms with Crippen molar-refractivity contribution in [1.29, 1.82) is 0 Å². The summed E-state index contributed by atoms with van der Waals surface area (Å²) in [7, 11) is 1.87. The van der Waals surface area contributed by atoms with Crippen LogP contribution in [0.15, 0.2) is 48.5 Å². The number of nitrogens with zero attached hydrogens (tertiary/aromatic N) is 1. The Morgan fingerprint density at radius 3 is 2.65 bits per heavy atom. The lowest BCUT2D eigenvalue weighted by Crippen LogP contribution is -2.47. The average molecular weight is 354 g/mol. The molecule has 0 aromatic heterocycles. The number of hydrogen-bond donors (Lipinski definition) is 1. The number of likely N-dealkylation sites (tertiary alicyclic amines) is 1. The minimum absolute atomic E-state index is 0.186. The van der Waals surface area contributed by atoms with E-state index in [1.54, 1.807) is 18.2 Å². The number of amides is 1. The summed E-state index contributed by atoms with van der Waals surface area (Å²) in [6.07, 6.45) is 2.71. The first-order valence-electron chi connectivity index (χ1n) is 9.07. The lowest BCUT2D eigenvalue weighted by molar-refractivity contribution is -0.131. The maximum absolute atomic E-state index is 13.6. The topological polar surface area (TPSA) is 41.6 Å². The van der Waals surface area contributed by atoms with Crippen molar-refractivity contribution in [3.63, 3.8) is 0 Å². The SMILES string of the molecule is CN1CC[C@]2(CCC(c3ccc(OCc4ccccc4F)cc3)N2)C1=O. The fraction of sp³-hybridized carbons (Fsp3) is 0.381. The van der Waals surface area contributed by atoms with Crippen LogP contribution in [0.3, 0.4) is 0 Å². The van der Waals surface area contributed by atoms with Gasteiger partial charge in [0.2, 0.25) is 5.91 Å². The van der Waals surface area contributed by atoms with Crippen LogP contribution in [0.5, 0.6) is 5.75 Å². The predicted molar refractivity (Wildman–Crippen MR) is 97.3 cm³/mol. The lowest BCUT2D eigenvalue weighted by Gasteiger charge is -2.23. The fourth-order valence-corrected chi connectivity index (χ4v) is 3.99. The molecule has 1 unspecified atom stereocenters. The summed E-state index contributed by atoms with van der Waals surface area (Å²) in [5, 5.41) is 3.57. The molecule has 2 aromatic rings. The van der Waals surface area contributed by atoms with Gasteiger partial charge in [-0.05, 0) is 43.0 Å². The number of halogens is 1. The zero-order chi connectivity index (χ0) is 18.1. The summed E-state index contributed by atoms with van der Waals surface area (Å²) in [6, 6.07) is 14.7. The van der Waals surface area contributed by atoms with Gasteiger partial charge in [-0.15, -0.1) is 0 Å². The molecular formula is C21H23FN2O2. The van der Waals surface area contributed by atoms with Gasteiger partial charge in [0.05, 0.1) is 0 Å². The molecule has 2 aromatic carbocycles. The zero-order valence-electron chi connectivity index (χ0n) is 14.9. The lowest BCUT2D eigenvalue weighted by atomic mass is 9.96. The number of hydrogen-bond acceptors (Lipinski definition) is 3. The van der Waals surface area contributed by atoms with E-state index >= 15 is 0 Å². The monoisotopic (exact) mass is 354 g/mol. The highest BCUT2D eigenvalue weighted by Crippen LogP contribution is 2.39. The summed E-state index contributed by atoms with van der Waals surface area (Å²) < 4.78 is 19.3. The van der Waals surface area contributed by atoms with E-state index in [1.807, 2.05) is 36.2 Å². The highest BCUT2D eigenvalue weighted by molar-refractivity contribution is 5.88. The molecule has 4 rings (SSSR count). The molecule has 0 aliphatic carbocycles. The van der Waals surface area contributed by atoms with Gasteiger partial charge in [0.1, 0.15) is 23.7 Å². The largest absolute Gasteiger partial charge is 0.489 e. The van der Waals surface area contributed by atoms with Crippen LogP contribution in [-0.4, -0.2) is 29.9 Å². The van der Waals surface area contributed by atoms with Gasteiger partial charge in [-0.1, -0.05) is 30.3 Å². The van der Waals surface area contributed by atoms with Gasteiger partial charge in [0, 0.05) is 25.2 Å². The van der Waals surface area contributed by atoms with E-state index in [4.69, 9.17) is 4.74 Å². The normalized spacial score (nSPS) is 25.2. The first-order chi connectivity index (χ1) is 12.6. The Kier molecular flexibility index (Phi) is 4.41. The average Bonchev–Trinajstić information content (AvgIpc) is 3.22. The second-order valence-electron chi connectivity index (χ2n) is 7.24. The van der Waals surface area contributed by atoms with Crippen molar-refractivity contribution in [2.45, 2.75) is 37.5 Å². The van der Waals surface area contributed by atoms with Gasteiger partial charge in [0.15, 0.2) is 0 Å². The number of carbonyl (C=O) groups is 1. The molecule has 2 atom stereocenters. The van der Waals surface area contributed by atoms with Gasteiger partial charge < -0.3 is 9.64 Å². The van der Waals surface area contributed by atoms with Crippen molar-refractivity contribution >= 4 is 5.91 Å². The molecule has 2 heterocycles. The minimum Gasteiger partial charge on any atom is -0.489 e. The van der Waals surface area contributed by atoms with Crippen molar-refractivity contribution in [3.8, 4) is 5.75 Å². The summed E-state index contributed by atoms with van der Waals surface area (Å²) in [6.45, 7) is 1.03. The number of carbonyl (C=O) groups excluding carboxylic acids is 1. The van der Waals surface area contributed by atoms with Crippen LogP contribution in [0.1, 0.15) is 36.4 Å². The number of likely N-dealkylation sites (N-methyl/N-ethyl adjacent to an activating group) is 1. The molecule has 0 saturated carbocycles. The third-order valence-electron chi connectivity index (χ3n) is 5.58. The van der Waals surface area contributed by atoms with Crippen LogP contribution >= 0.6 is 0 Å². The number of nitrogens with one attached hydrogen (secondary N) is 1. The molecule has 2 fully saturated rings. The first kappa shape index (κ1) is 17.0. The van der Waals surface area contributed by atoms with E-state index in [9.17, 15) is 9.18 Å². The molecule has 2 saturated heterocycles. The molecule has 1 N–H and O–H groups in total. The van der Waals surface area contributed by atoms with Gasteiger partial charge in [-0.2, -0.15) is 0 Å². The zero-order valence-corrected chi connectivity index (χ0v) is 14.9. The molecule has 0 bridgehead atoms. The third-order valence-corrected chi connectivity index (χ3v) is 5.58. The fourth-order valence-electron chi connectivity index (χ4n) is 3.99. The summed E-state index contributed by atoms with van der Waals surface area (Å²) in [4.78, 5) is 14.2. The molecule has 26 heavy (non-hydrogen) atoms. The van der Waals surface area contributed by atoms with Gasteiger partial charge in [-0.3, -0.25) is 10.1 Å². The quantitative estimate of drug-likeness (QED) is 0.915. The third kappa shape index (κ3) is 3.07. The molecule has 1 spiro atoms. The highest BCUT2D eigenvalue weighted by Gasteiger charge is 2.49. The number of benzene rings is 2. The summed E-state index contributed by atoms with van der Waals surface area (Å²) in [5.74, 6) is 0.669. The van der Waals surface area contributed by atoms with Crippen LogP contribution in [-0.2, 0) is 11.4 Å². The minimum atomic E-state index is -0.376. The van der Waals surface area contributed by atoms with Crippen molar-refractivity contribution in [3.05, 3.63) is 65.5 Å². The predicted octanol–water partition coefficient (Wildman–Crippen LogP) is 3.43. The second kappa shape index (κ2) is 6.72. The molecule has 4 nitrogen and oxygen atoms in total. The van der Waals surface area contributed by atoms with Gasteiger partial charge in [0.25, 0.3) is 0 Å². The highest BCUT2D eigenvalue weighted by atomic mass is 19.1. The van der Waals surface area contributed by atoms with Crippen molar-refractivity contribution in [2.75, 3.05) is 13.6 Å². The molecule has 136 valence electrons. The van der Waals surface area contributed by atoms with Crippen LogP contribution in [0, 0.1) is 5.82 Å². The Hall–Kier alpha value is -2.40. The van der Waals surface area contributed by atoms with Crippen LogP contribution < -0.4 is 10.1 Å². The van der Waals surface area contributed by atoms with Crippen LogP contribution in [0.4, 0.5) is 4.39 Å². The van der Waals surface area contributed by atoms with Crippen molar-refractivity contribution in [2.24, 2.45) is 0 Å². The Labute approximate surface area is 153 Å². The molecule has 1 amide bonds. The van der Waals surface area contributed by atoms with Crippen molar-refractivity contribution < 1.29 is 13.9 Å². The van der Waals surface area contributed by atoms with Gasteiger partial charge >= 0.3 is 0 Å². The van der Waals surface area contributed by atoms with E-state index < -0.39 is 0 Å². The standard InChI is InChI=1S/C21H23FN2O2/c1-24-13-12-21(20(24)25)11-10-19(23-21)15-6-8-17(9-7-15)26-14-16-4-2-3-5-18(16)22/h2-9,19,23H,10-14H2,1H3/t19?,21-/m1/s1. The Morgan fingerprint density at radius 2 is 1.96 bits per heavy atom. The van der Waals surface area contributed by atoms with E-state index in [1.165, 1.54) is 6.07 Å². The van der Waals surface area contributed by atoms with Gasteiger partial charge in [-0.25, -0.2) is 4.39 Å². The van der Waals surface area contributed by atoms with Crippen molar-refractivity contribution in [1.82, 2.24) is 10.2 Å². The maximum atomic E-state index is 13.6. The van der Waals surface area contributed by atoms with Crippen LogP contribution in [0.2, 0.25) is 0 Å². The maximum Gasteiger partial charge on any atom is 0.242 e. The van der Waals surface area contributed by atoms with E-state index in [0.29, 0.717) is 11.3 Å². The van der Waals surface area contributed by atoms with E-state index in [0.717, 1.165) is 31.4 Å². The Balaban J connectivity index is 1.39.